The largest absolute Gasteiger partial charge is 0.495 e. The Morgan fingerprint density at radius 2 is 1.93 bits per heavy atom. The van der Waals surface area contributed by atoms with Gasteiger partial charge in [0.15, 0.2) is 11.0 Å². The lowest BCUT2D eigenvalue weighted by Crippen LogP contribution is -2.23. The van der Waals surface area contributed by atoms with Gasteiger partial charge in [-0.15, -0.1) is 10.2 Å². The second-order valence-corrected chi connectivity index (χ2v) is 8.59. The van der Waals surface area contributed by atoms with E-state index in [0.717, 1.165) is 35.1 Å². The molecule has 0 aliphatic carbocycles. The zero-order chi connectivity index (χ0) is 21.7. The van der Waals surface area contributed by atoms with Gasteiger partial charge in [-0.1, -0.05) is 48.5 Å². The van der Waals surface area contributed by atoms with E-state index in [-0.39, 0.29) is 11.2 Å². The molecule has 0 aliphatic rings. The van der Waals surface area contributed by atoms with Crippen LogP contribution in [0.1, 0.15) is 31.4 Å². The summed E-state index contributed by atoms with van der Waals surface area (Å²) in [6, 6.07) is 13.9. The molecule has 0 spiro atoms. The molecule has 0 bridgehead atoms. The Kier molecular flexibility index (Phi) is 7.15. The fraction of sp³-hybridized carbons (Fsp3) is 0.348. The summed E-state index contributed by atoms with van der Waals surface area (Å²) in [6.07, 6.45) is 0.950. The third-order valence-corrected chi connectivity index (χ3v) is 5.79. The SMILES string of the molecule is CCCn1c(S[C@@H](C)C(=O)Nc2cc(C)ccc2OC)nnc1-c1cccc(C)c1. The molecule has 0 radical (unpaired) electrons. The predicted molar refractivity (Wildman–Crippen MR) is 122 cm³/mol. The van der Waals surface area contributed by atoms with Gasteiger partial charge in [0.2, 0.25) is 5.91 Å². The Morgan fingerprint density at radius 1 is 1.17 bits per heavy atom. The molecule has 0 aliphatic heterocycles. The van der Waals surface area contributed by atoms with Crippen molar-refractivity contribution in [3.63, 3.8) is 0 Å². The molecule has 0 unspecified atom stereocenters. The van der Waals surface area contributed by atoms with Crippen LogP contribution < -0.4 is 10.1 Å². The van der Waals surface area contributed by atoms with Gasteiger partial charge in [-0.25, -0.2) is 0 Å². The molecule has 7 heteroatoms. The van der Waals surface area contributed by atoms with Crippen molar-refractivity contribution in [2.75, 3.05) is 12.4 Å². The summed E-state index contributed by atoms with van der Waals surface area (Å²) in [5.74, 6) is 1.37. The lowest BCUT2D eigenvalue weighted by molar-refractivity contribution is -0.115. The Hall–Kier alpha value is -2.80. The van der Waals surface area contributed by atoms with E-state index in [9.17, 15) is 4.79 Å². The molecule has 1 amide bonds. The highest BCUT2D eigenvalue weighted by Crippen LogP contribution is 2.30. The number of rotatable bonds is 8. The lowest BCUT2D eigenvalue weighted by Gasteiger charge is -2.15. The number of hydrogen-bond acceptors (Lipinski definition) is 5. The van der Waals surface area contributed by atoms with E-state index in [1.54, 1.807) is 7.11 Å². The quantitative estimate of drug-likeness (QED) is 0.510. The molecular formula is C23H28N4O2S. The number of hydrogen-bond donors (Lipinski definition) is 1. The van der Waals surface area contributed by atoms with Crippen LogP contribution in [-0.4, -0.2) is 33.0 Å². The van der Waals surface area contributed by atoms with E-state index < -0.39 is 0 Å². The van der Waals surface area contributed by atoms with E-state index in [0.29, 0.717) is 11.4 Å². The summed E-state index contributed by atoms with van der Waals surface area (Å²) < 4.78 is 7.46. The molecule has 1 N–H and O–H groups in total. The van der Waals surface area contributed by atoms with Crippen molar-refractivity contribution >= 4 is 23.4 Å². The average Bonchev–Trinajstić information content (AvgIpc) is 3.10. The zero-order valence-electron chi connectivity index (χ0n) is 18.1. The number of ether oxygens (including phenoxy) is 1. The van der Waals surface area contributed by atoms with Crippen LogP contribution in [-0.2, 0) is 11.3 Å². The Bertz CT molecular complexity index is 1030. The van der Waals surface area contributed by atoms with E-state index in [4.69, 9.17) is 4.74 Å². The van der Waals surface area contributed by atoms with E-state index in [2.05, 4.69) is 46.1 Å². The van der Waals surface area contributed by atoms with Gasteiger partial charge in [-0.2, -0.15) is 0 Å². The van der Waals surface area contributed by atoms with Crippen LogP contribution in [0.4, 0.5) is 5.69 Å². The fourth-order valence-electron chi connectivity index (χ4n) is 3.16. The van der Waals surface area contributed by atoms with Crippen LogP contribution in [0.15, 0.2) is 47.6 Å². The molecule has 3 rings (SSSR count). The molecule has 1 heterocycles. The van der Waals surface area contributed by atoms with Crippen LogP contribution in [0, 0.1) is 13.8 Å². The molecule has 30 heavy (non-hydrogen) atoms. The summed E-state index contributed by atoms with van der Waals surface area (Å²) >= 11 is 1.41. The highest BCUT2D eigenvalue weighted by Gasteiger charge is 2.21. The Morgan fingerprint density at radius 3 is 2.63 bits per heavy atom. The van der Waals surface area contributed by atoms with Crippen LogP contribution in [0.5, 0.6) is 5.75 Å². The number of nitrogens with one attached hydrogen (secondary N) is 1. The highest BCUT2D eigenvalue weighted by molar-refractivity contribution is 8.00. The third-order valence-electron chi connectivity index (χ3n) is 4.70. The number of benzene rings is 2. The zero-order valence-corrected chi connectivity index (χ0v) is 18.9. The molecule has 2 aromatic carbocycles. The first-order valence-corrected chi connectivity index (χ1v) is 10.9. The molecule has 6 nitrogen and oxygen atoms in total. The van der Waals surface area contributed by atoms with Gasteiger partial charge in [0.25, 0.3) is 0 Å². The standard InChI is InChI=1S/C23H28N4O2S/c1-6-12-27-21(18-9-7-8-15(2)13-18)25-26-23(27)30-17(4)22(28)24-19-14-16(3)10-11-20(19)29-5/h7-11,13-14,17H,6,12H2,1-5H3,(H,24,28)/t17-/m0/s1. The van der Waals surface area contributed by atoms with E-state index >= 15 is 0 Å². The summed E-state index contributed by atoms with van der Waals surface area (Å²) in [7, 11) is 1.60. The molecule has 0 saturated heterocycles. The molecule has 1 aromatic heterocycles. The maximum Gasteiger partial charge on any atom is 0.237 e. The monoisotopic (exact) mass is 424 g/mol. The predicted octanol–water partition coefficient (Wildman–Crippen LogP) is 5.10. The van der Waals surface area contributed by atoms with Gasteiger partial charge < -0.3 is 14.6 Å². The summed E-state index contributed by atoms with van der Waals surface area (Å²) in [5, 5.41) is 12.2. The van der Waals surface area contributed by atoms with Gasteiger partial charge in [0.05, 0.1) is 18.0 Å². The maximum absolute atomic E-state index is 12.8. The van der Waals surface area contributed by atoms with Crippen molar-refractivity contribution in [1.82, 2.24) is 14.8 Å². The van der Waals surface area contributed by atoms with E-state index in [1.807, 2.05) is 44.2 Å². The minimum Gasteiger partial charge on any atom is -0.495 e. The molecule has 0 fully saturated rings. The van der Waals surface area contributed by atoms with Gasteiger partial charge in [-0.05, 0) is 51.0 Å². The second-order valence-electron chi connectivity index (χ2n) is 7.28. The molecule has 0 saturated carbocycles. The molecular weight excluding hydrogens is 396 g/mol. The second kappa shape index (κ2) is 9.80. The fourth-order valence-corrected chi connectivity index (χ4v) is 4.04. The van der Waals surface area contributed by atoms with Crippen LogP contribution >= 0.6 is 11.8 Å². The first-order valence-electron chi connectivity index (χ1n) is 10.0. The number of methoxy groups -OCH3 is 1. The van der Waals surface area contributed by atoms with Crippen LogP contribution in [0.25, 0.3) is 11.4 Å². The topological polar surface area (TPSA) is 69.0 Å². The number of carbonyl (C=O) groups excluding carboxylic acids is 1. The number of nitrogens with zero attached hydrogens (tertiary/aromatic N) is 3. The maximum atomic E-state index is 12.8. The van der Waals surface area contributed by atoms with Gasteiger partial charge in [0.1, 0.15) is 5.75 Å². The van der Waals surface area contributed by atoms with Gasteiger partial charge in [-0.3, -0.25) is 4.79 Å². The Balaban J connectivity index is 1.80. The van der Waals surface area contributed by atoms with Crippen molar-refractivity contribution in [2.24, 2.45) is 0 Å². The number of anilines is 1. The minimum absolute atomic E-state index is 0.105. The van der Waals surface area contributed by atoms with Crippen molar-refractivity contribution < 1.29 is 9.53 Å². The summed E-state index contributed by atoms with van der Waals surface area (Å²) in [4.78, 5) is 12.8. The Labute approximate surface area is 182 Å². The third kappa shape index (κ3) is 5.02. The van der Waals surface area contributed by atoms with Crippen molar-refractivity contribution in [2.45, 2.75) is 51.1 Å². The van der Waals surface area contributed by atoms with Crippen molar-refractivity contribution in [3.05, 3.63) is 53.6 Å². The van der Waals surface area contributed by atoms with Crippen molar-refractivity contribution in [1.29, 1.82) is 0 Å². The minimum atomic E-state index is -0.347. The first kappa shape index (κ1) is 21.9. The molecule has 3 aromatic rings. The van der Waals surface area contributed by atoms with Crippen LogP contribution in [0.3, 0.4) is 0 Å². The van der Waals surface area contributed by atoms with Crippen molar-refractivity contribution in [3.8, 4) is 17.1 Å². The lowest BCUT2D eigenvalue weighted by atomic mass is 10.1. The van der Waals surface area contributed by atoms with E-state index in [1.165, 1.54) is 17.3 Å². The molecule has 158 valence electrons. The highest BCUT2D eigenvalue weighted by atomic mass is 32.2. The number of amides is 1. The smallest absolute Gasteiger partial charge is 0.237 e. The number of aromatic nitrogens is 3. The average molecular weight is 425 g/mol. The summed E-state index contributed by atoms with van der Waals surface area (Å²) in [5.41, 5.74) is 3.93. The number of aryl methyl sites for hydroxylation is 2. The number of carbonyl (C=O) groups is 1. The first-order chi connectivity index (χ1) is 14.4. The number of thioether (sulfide) groups is 1. The normalized spacial score (nSPS) is 11.9. The van der Waals surface area contributed by atoms with Gasteiger partial charge in [0, 0.05) is 12.1 Å². The molecule has 1 atom stereocenters. The summed E-state index contributed by atoms with van der Waals surface area (Å²) in [6.45, 7) is 8.83. The van der Waals surface area contributed by atoms with Crippen LogP contribution in [0.2, 0.25) is 0 Å². The van der Waals surface area contributed by atoms with Gasteiger partial charge >= 0.3 is 0 Å².